The number of anilines is 2. The van der Waals surface area contributed by atoms with Gasteiger partial charge in [-0.3, -0.25) is 4.90 Å². The first-order chi connectivity index (χ1) is 17.5. The highest BCUT2D eigenvalue weighted by molar-refractivity contribution is 5.60. The molecule has 0 fully saturated rings. The van der Waals surface area contributed by atoms with Gasteiger partial charge in [-0.15, -0.1) is 5.10 Å². The van der Waals surface area contributed by atoms with E-state index in [1.807, 2.05) is 0 Å². The number of hydrogen-bond acceptors (Lipinski definition) is 5. The number of nitrogens with zero attached hydrogens (tertiary/aromatic N) is 6. The molecule has 38 heavy (non-hydrogen) atoms. The van der Waals surface area contributed by atoms with Crippen molar-refractivity contribution in [1.82, 2.24) is 20.2 Å². The number of benzene rings is 2. The maximum absolute atomic E-state index is 13.9. The SMILES string of the molecule is Cc1ccc2c(c1)[C@@H](N(Cc1cc(C(F)(F)F)cc(C(F)(F)F)c1)c1nnn(C)n1)CCCN2C(F)(F)F. The largest absolute Gasteiger partial charge is 0.484 e. The fourth-order valence-corrected chi connectivity index (χ4v) is 4.51. The molecule has 0 aliphatic carbocycles. The summed E-state index contributed by atoms with van der Waals surface area (Å²) in [5.41, 5.74) is -2.74. The van der Waals surface area contributed by atoms with Gasteiger partial charge in [0.2, 0.25) is 0 Å². The number of alkyl halides is 9. The average molecular weight is 552 g/mol. The van der Waals surface area contributed by atoms with Gasteiger partial charge in [0.05, 0.1) is 24.2 Å². The fraction of sp³-hybridized carbons (Fsp3) is 0.435. The van der Waals surface area contributed by atoms with Gasteiger partial charge in [-0.2, -0.15) is 44.3 Å². The minimum absolute atomic E-state index is 0.0138. The van der Waals surface area contributed by atoms with Crippen molar-refractivity contribution in [3.8, 4) is 0 Å². The first-order valence-corrected chi connectivity index (χ1v) is 11.3. The Labute approximate surface area is 210 Å². The van der Waals surface area contributed by atoms with E-state index < -0.39 is 42.4 Å². The number of fused-ring (bicyclic) bond motifs is 1. The monoisotopic (exact) mass is 552 g/mol. The smallest absolute Gasteiger partial charge is 0.327 e. The van der Waals surface area contributed by atoms with Crippen molar-refractivity contribution < 1.29 is 39.5 Å². The van der Waals surface area contributed by atoms with Gasteiger partial charge in [0.25, 0.3) is 5.95 Å². The third-order valence-electron chi connectivity index (χ3n) is 6.13. The van der Waals surface area contributed by atoms with E-state index in [0.29, 0.717) is 17.7 Å². The van der Waals surface area contributed by atoms with E-state index in [4.69, 9.17) is 0 Å². The molecule has 0 unspecified atom stereocenters. The standard InChI is InChI=1S/C23H21F9N6/c1-13-5-6-19-17(8-13)18(4-3-7-38(19)23(30,31)32)37(20-33-35-36(2)34-20)12-14-9-15(21(24,25)26)11-16(10-14)22(27,28)29/h5-6,8-11,18H,3-4,7,12H2,1-2H3/t18-/m0/s1. The van der Waals surface area contributed by atoms with Gasteiger partial charge in [0, 0.05) is 18.8 Å². The molecule has 3 aromatic rings. The summed E-state index contributed by atoms with van der Waals surface area (Å²) in [6, 6.07) is 4.56. The summed E-state index contributed by atoms with van der Waals surface area (Å²) in [4.78, 5) is 2.60. The van der Waals surface area contributed by atoms with Crippen LogP contribution < -0.4 is 9.80 Å². The molecule has 6 nitrogen and oxygen atoms in total. The second-order valence-electron chi connectivity index (χ2n) is 8.96. The highest BCUT2D eigenvalue weighted by atomic mass is 19.4. The van der Waals surface area contributed by atoms with Crippen LogP contribution in [0.3, 0.4) is 0 Å². The number of tetrazole rings is 1. The van der Waals surface area contributed by atoms with Crippen LogP contribution in [0.2, 0.25) is 0 Å². The van der Waals surface area contributed by atoms with Crippen LogP contribution in [0.1, 0.15) is 46.7 Å². The van der Waals surface area contributed by atoms with Crippen molar-refractivity contribution in [2.75, 3.05) is 16.3 Å². The Balaban J connectivity index is 1.87. The second kappa shape index (κ2) is 9.66. The Morgan fingerprint density at radius 1 is 0.921 bits per heavy atom. The molecule has 206 valence electrons. The number of halogens is 9. The lowest BCUT2D eigenvalue weighted by Gasteiger charge is -2.33. The average Bonchev–Trinajstić information content (AvgIpc) is 3.12. The Morgan fingerprint density at radius 3 is 2.08 bits per heavy atom. The fourth-order valence-electron chi connectivity index (χ4n) is 4.51. The predicted molar refractivity (Wildman–Crippen MR) is 118 cm³/mol. The molecule has 15 heteroatoms. The minimum atomic E-state index is -5.06. The molecule has 0 spiro atoms. The van der Waals surface area contributed by atoms with Crippen molar-refractivity contribution >= 4 is 11.6 Å². The summed E-state index contributed by atoms with van der Waals surface area (Å²) >= 11 is 0. The van der Waals surface area contributed by atoms with Crippen LogP contribution in [0.4, 0.5) is 51.1 Å². The van der Waals surface area contributed by atoms with Gasteiger partial charge in [0.15, 0.2) is 0 Å². The van der Waals surface area contributed by atoms with Crippen molar-refractivity contribution in [2.24, 2.45) is 7.05 Å². The van der Waals surface area contributed by atoms with Crippen LogP contribution in [0.5, 0.6) is 0 Å². The van der Waals surface area contributed by atoms with Crippen molar-refractivity contribution in [2.45, 2.75) is 51.0 Å². The van der Waals surface area contributed by atoms with Gasteiger partial charge in [-0.1, -0.05) is 22.8 Å². The highest BCUT2D eigenvalue weighted by Crippen LogP contribution is 2.43. The van der Waals surface area contributed by atoms with Crippen LogP contribution in [-0.2, 0) is 25.9 Å². The maximum Gasteiger partial charge on any atom is 0.484 e. The quantitative estimate of drug-likeness (QED) is 0.276. The van der Waals surface area contributed by atoms with Gasteiger partial charge < -0.3 is 4.90 Å². The van der Waals surface area contributed by atoms with E-state index in [0.717, 1.165) is 4.80 Å². The van der Waals surface area contributed by atoms with Gasteiger partial charge in [0.1, 0.15) is 0 Å². The molecular weight excluding hydrogens is 531 g/mol. The van der Waals surface area contributed by atoms with E-state index in [-0.39, 0.29) is 53.1 Å². The summed E-state index contributed by atoms with van der Waals surface area (Å²) in [6.45, 7) is 0.718. The van der Waals surface area contributed by atoms with E-state index in [1.54, 1.807) is 6.92 Å². The van der Waals surface area contributed by atoms with E-state index in [9.17, 15) is 39.5 Å². The van der Waals surface area contributed by atoms with Gasteiger partial charge >= 0.3 is 18.7 Å². The molecule has 2 heterocycles. The summed E-state index contributed by atoms with van der Waals surface area (Å²) in [5, 5.41) is 11.6. The molecule has 1 aromatic heterocycles. The molecule has 1 aliphatic heterocycles. The minimum Gasteiger partial charge on any atom is -0.327 e. The number of aryl methyl sites for hydroxylation is 2. The maximum atomic E-state index is 13.9. The Bertz CT molecular complexity index is 1260. The number of aromatic nitrogens is 4. The molecule has 0 saturated heterocycles. The zero-order chi connectivity index (χ0) is 28.0. The van der Waals surface area contributed by atoms with Crippen LogP contribution in [0.15, 0.2) is 36.4 Å². The summed E-state index contributed by atoms with van der Waals surface area (Å²) in [7, 11) is 1.40. The third-order valence-corrected chi connectivity index (χ3v) is 6.13. The Hall–Kier alpha value is -3.52. The lowest BCUT2D eigenvalue weighted by Crippen LogP contribution is -2.38. The van der Waals surface area contributed by atoms with Crippen LogP contribution in [-0.4, -0.2) is 33.1 Å². The normalized spacial score (nSPS) is 16.8. The molecule has 0 amide bonds. The summed E-state index contributed by atoms with van der Waals surface area (Å²) in [5.74, 6) is -0.156. The molecule has 0 radical (unpaired) electrons. The Morgan fingerprint density at radius 2 is 1.55 bits per heavy atom. The van der Waals surface area contributed by atoms with Crippen LogP contribution >= 0.6 is 0 Å². The van der Waals surface area contributed by atoms with Crippen LogP contribution in [0.25, 0.3) is 0 Å². The van der Waals surface area contributed by atoms with E-state index >= 15 is 0 Å². The Kier molecular flexibility index (Phi) is 6.99. The predicted octanol–water partition coefficient (Wildman–Crippen LogP) is 6.42. The molecule has 0 bridgehead atoms. The molecule has 2 aromatic carbocycles. The molecule has 4 rings (SSSR count). The third kappa shape index (κ3) is 5.80. The van der Waals surface area contributed by atoms with Crippen molar-refractivity contribution in [3.05, 3.63) is 64.2 Å². The lowest BCUT2D eigenvalue weighted by atomic mass is 9.97. The molecule has 0 N–H and O–H groups in total. The number of rotatable bonds is 4. The second-order valence-corrected chi connectivity index (χ2v) is 8.96. The zero-order valence-corrected chi connectivity index (χ0v) is 20.0. The van der Waals surface area contributed by atoms with Crippen molar-refractivity contribution in [3.63, 3.8) is 0 Å². The topological polar surface area (TPSA) is 50.1 Å². The van der Waals surface area contributed by atoms with Crippen LogP contribution in [0, 0.1) is 6.92 Å². The molecular formula is C23H21F9N6. The first kappa shape index (κ1) is 27.5. The van der Waals surface area contributed by atoms with E-state index in [2.05, 4.69) is 15.4 Å². The lowest BCUT2D eigenvalue weighted by molar-refractivity contribution is -0.143. The van der Waals surface area contributed by atoms with Gasteiger partial charge in [-0.25, -0.2) is 0 Å². The molecule has 0 saturated carbocycles. The zero-order valence-electron chi connectivity index (χ0n) is 20.0. The first-order valence-electron chi connectivity index (χ1n) is 11.3. The van der Waals surface area contributed by atoms with Gasteiger partial charge in [-0.05, 0) is 60.4 Å². The van der Waals surface area contributed by atoms with E-state index in [1.165, 1.54) is 30.1 Å². The number of hydrogen-bond donors (Lipinski definition) is 0. The summed E-state index contributed by atoms with van der Waals surface area (Å²) in [6.07, 6.45) is -14.7. The summed E-state index contributed by atoms with van der Waals surface area (Å²) < 4.78 is 122. The molecule has 1 aliphatic rings. The highest BCUT2D eigenvalue weighted by Gasteiger charge is 2.42. The van der Waals surface area contributed by atoms with Crippen molar-refractivity contribution in [1.29, 1.82) is 0 Å². The molecule has 1 atom stereocenters.